The Bertz CT molecular complexity index is 1140. The van der Waals surface area contributed by atoms with Crippen LogP contribution in [0, 0.1) is 13.8 Å². The number of fused-ring (bicyclic) bond motifs is 1. The molecule has 0 aliphatic rings. The molecule has 134 valence electrons. The number of benzene rings is 3. The summed E-state index contributed by atoms with van der Waals surface area (Å²) in [5.74, 6) is -0.824. The number of hydrogen-bond acceptors (Lipinski definition) is 2. The van der Waals surface area contributed by atoms with Gasteiger partial charge in [0.25, 0.3) is 0 Å². The van der Waals surface area contributed by atoms with E-state index >= 15 is 0 Å². The van der Waals surface area contributed by atoms with Crippen molar-refractivity contribution in [1.82, 2.24) is 9.55 Å². The summed E-state index contributed by atoms with van der Waals surface area (Å²) in [4.78, 5) is 15.4. The molecule has 0 bridgehead atoms. The van der Waals surface area contributed by atoms with Crippen LogP contribution < -0.4 is 0 Å². The van der Waals surface area contributed by atoms with E-state index in [9.17, 15) is 4.79 Å². The van der Waals surface area contributed by atoms with Crippen molar-refractivity contribution in [3.63, 3.8) is 0 Å². The van der Waals surface area contributed by atoms with Crippen LogP contribution in [0.15, 0.2) is 67.0 Å². The summed E-state index contributed by atoms with van der Waals surface area (Å²) in [6.07, 6.45) is 1.84. The third-order valence-electron chi connectivity index (χ3n) is 5.03. The normalized spacial score (nSPS) is 11.0. The van der Waals surface area contributed by atoms with Crippen LogP contribution in [-0.2, 0) is 11.2 Å². The molecule has 0 spiro atoms. The topological polar surface area (TPSA) is 55.1 Å². The molecule has 1 heterocycles. The van der Waals surface area contributed by atoms with E-state index in [0.717, 1.165) is 27.8 Å². The van der Waals surface area contributed by atoms with Crippen LogP contribution in [0.1, 0.15) is 16.7 Å². The highest BCUT2D eigenvalue weighted by Crippen LogP contribution is 2.29. The van der Waals surface area contributed by atoms with Crippen LogP contribution >= 0.6 is 0 Å². The molecular weight excluding hydrogens is 336 g/mol. The van der Waals surface area contributed by atoms with Crippen LogP contribution in [-0.4, -0.2) is 20.6 Å². The Hall–Kier alpha value is -3.40. The van der Waals surface area contributed by atoms with Gasteiger partial charge in [0.2, 0.25) is 0 Å². The molecule has 0 fully saturated rings. The summed E-state index contributed by atoms with van der Waals surface area (Å²) in [6.45, 7) is 4.27. The number of carboxylic acids is 1. The van der Waals surface area contributed by atoms with Gasteiger partial charge in [-0.25, -0.2) is 4.98 Å². The Labute approximate surface area is 157 Å². The number of aryl methyl sites for hydroxylation is 1. The Morgan fingerprint density at radius 3 is 2.56 bits per heavy atom. The zero-order valence-corrected chi connectivity index (χ0v) is 15.3. The second kappa shape index (κ2) is 6.72. The maximum Gasteiger partial charge on any atom is 0.307 e. The quantitative estimate of drug-likeness (QED) is 0.564. The van der Waals surface area contributed by atoms with Crippen molar-refractivity contribution in [2.24, 2.45) is 0 Å². The van der Waals surface area contributed by atoms with Crippen molar-refractivity contribution in [3.8, 4) is 16.8 Å². The van der Waals surface area contributed by atoms with E-state index in [4.69, 9.17) is 5.11 Å². The first-order valence-electron chi connectivity index (χ1n) is 8.88. The average molecular weight is 356 g/mol. The van der Waals surface area contributed by atoms with Crippen molar-refractivity contribution in [3.05, 3.63) is 83.7 Å². The summed E-state index contributed by atoms with van der Waals surface area (Å²) >= 11 is 0. The van der Waals surface area contributed by atoms with Gasteiger partial charge in [0.05, 0.1) is 17.5 Å². The molecule has 0 radical (unpaired) electrons. The molecule has 4 aromatic rings. The molecule has 4 heteroatoms. The van der Waals surface area contributed by atoms with Crippen LogP contribution in [0.5, 0.6) is 0 Å². The van der Waals surface area contributed by atoms with Crippen molar-refractivity contribution in [2.45, 2.75) is 20.3 Å². The summed E-state index contributed by atoms with van der Waals surface area (Å²) in [7, 11) is 0. The molecule has 0 amide bonds. The smallest absolute Gasteiger partial charge is 0.307 e. The molecule has 4 rings (SSSR count). The molecular formula is C23H20N2O2. The SMILES string of the molecule is Cc1cccc(-c2ccc3c(c2)ncn3-c2ccc(CC(=O)O)cc2)c1C. The average Bonchev–Trinajstić information content (AvgIpc) is 3.07. The maximum absolute atomic E-state index is 10.8. The first-order chi connectivity index (χ1) is 13.0. The van der Waals surface area contributed by atoms with Gasteiger partial charge in [-0.1, -0.05) is 36.4 Å². The molecule has 0 saturated carbocycles. The minimum atomic E-state index is -0.824. The predicted octanol–water partition coefficient (Wildman–Crippen LogP) is 4.94. The Kier molecular flexibility index (Phi) is 4.24. The summed E-state index contributed by atoms with van der Waals surface area (Å²) in [5.41, 5.74) is 8.65. The molecule has 3 aromatic carbocycles. The number of carbonyl (C=O) groups is 1. The molecule has 4 nitrogen and oxygen atoms in total. The number of aromatic nitrogens is 2. The fourth-order valence-electron chi connectivity index (χ4n) is 3.40. The highest BCUT2D eigenvalue weighted by molar-refractivity contribution is 5.84. The van der Waals surface area contributed by atoms with Gasteiger partial charge in [-0.15, -0.1) is 0 Å². The van der Waals surface area contributed by atoms with Crippen LogP contribution in [0.3, 0.4) is 0 Å². The fraction of sp³-hybridized carbons (Fsp3) is 0.130. The van der Waals surface area contributed by atoms with Gasteiger partial charge in [-0.05, 0) is 65.9 Å². The van der Waals surface area contributed by atoms with Gasteiger partial charge in [0.15, 0.2) is 0 Å². The van der Waals surface area contributed by atoms with Gasteiger partial charge in [-0.3, -0.25) is 9.36 Å². The third-order valence-corrected chi connectivity index (χ3v) is 5.03. The highest BCUT2D eigenvalue weighted by atomic mass is 16.4. The maximum atomic E-state index is 10.8. The molecule has 1 N–H and O–H groups in total. The van der Waals surface area contributed by atoms with Crippen LogP contribution in [0.2, 0.25) is 0 Å². The minimum absolute atomic E-state index is 0.0319. The largest absolute Gasteiger partial charge is 0.481 e. The summed E-state index contributed by atoms with van der Waals surface area (Å²) < 4.78 is 2.02. The molecule has 27 heavy (non-hydrogen) atoms. The van der Waals surface area contributed by atoms with E-state index < -0.39 is 5.97 Å². The van der Waals surface area contributed by atoms with E-state index in [1.807, 2.05) is 35.2 Å². The van der Waals surface area contributed by atoms with E-state index in [1.165, 1.54) is 16.7 Å². The van der Waals surface area contributed by atoms with Crippen molar-refractivity contribution < 1.29 is 9.90 Å². The molecule has 0 atom stereocenters. The lowest BCUT2D eigenvalue weighted by molar-refractivity contribution is -0.136. The van der Waals surface area contributed by atoms with E-state index in [-0.39, 0.29) is 6.42 Å². The number of aliphatic carboxylic acids is 1. The number of rotatable bonds is 4. The zero-order chi connectivity index (χ0) is 19.0. The third kappa shape index (κ3) is 3.22. The Morgan fingerprint density at radius 2 is 1.81 bits per heavy atom. The summed E-state index contributed by atoms with van der Waals surface area (Å²) in [6, 6.07) is 20.2. The van der Waals surface area contributed by atoms with Gasteiger partial charge >= 0.3 is 5.97 Å². The Balaban J connectivity index is 1.73. The first-order valence-corrected chi connectivity index (χ1v) is 8.88. The molecule has 0 aliphatic heterocycles. The van der Waals surface area contributed by atoms with Crippen LogP contribution in [0.4, 0.5) is 0 Å². The predicted molar refractivity (Wildman–Crippen MR) is 107 cm³/mol. The van der Waals surface area contributed by atoms with Crippen molar-refractivity contribution >= 4 is 17.0 Å². The second-order valence-electron chi connectivity index (χ2n) is 6.80. The standard InChI is InChI=1S/C23H20N2O2/c1-15-4-3-5-20(16(15)2)18-8-11-22-21(13-18)24-14-25(22)19-9-6-17(7-10-19)12-23(26)27/h3-11,13-14H,12H2,1-2H3,(H,26,27). The van der Waals surface area contributed by atoms with Gasteiger partial charge in [-0.2, -0.15) is 0 Å². The van der Waals surface area contributed by atoms with Gasteiger partial charge < -0.3 is 5.11 Å². The van der Waals surface area contributed by atoms with Crippen LogP contribution in [0.25, 0.3) is 27.8 Å². The molecule has 0 saturated heterocycles. The molecule has 0 unspecified atom stereocenters. The van der Waals surface area contributed by atoms with Gasteiger partial charge in [0.1, 0.15) is 6.33 Å². The first kappa shape index (κ1) is 17.0. The Morgan fingerprint density at radius 1 is 1.04 bits per heavy atom. The lowest BCUT2D eigenvalue weighted by Crippen LogP contribution is -2.00. The van der Waals surface area contributed by atoms with Crippen molar-refractivity contribution in [1.29, 1.82) is 0 Å². The van der Waals surface area contributed by atoms with E-state index in [2.05, 4.69) is 55.2 Å². The van der Waals surface area contributed by atoms with Gasteiger partial charge in [0, 0.05) is 5.69 Å². The second-order valence-corrected chi connectivity index (χ2v) is 6.80. The fourth-order valence-corrected chi connectivity index (χ4v) is 3.40. The van der Waals surface area contributed by atoms with Crippen molar-refractivity contribution in [2.75, 3.05) is 0 Å². The number of imidazole rings is 1. The molecule has 1 aromatic heterocycles. The molecule has 0 aliphatic carbocycles. The lowest BCUT2D eigenvalue weighted by atomic mass is 9.97. The zero-order valence-electron chi connectivity index (χ0n) is 15.3. The number of hydrogen-bond donors (Lipinski definition) is 1. The number of nitrogens with zero attached hydrogens (tertiary/aromatic N) is 2. The minimum Gasteiger partial charge on any atom is -0.481 e. The van der Waals surface area contributed by atoms with E-state index in [0.29, 0.717) is 0 Å². The monoisotopic (exact) mass is 356 g/mol. The highest BCUT2D eigenvalue weighted by Gasteiger charge is 2.09. The lowest BCUT2D eigenvalue weighted by Gasteiger charge is -2.09. The number of carboxylic acid groups (broad SMARTS) is 1. The summed E-state index contributed by atoms with van der Waals surface area (Å²) in [5, 5.41) is 8.90. The van der Waals surface area contributed by atoms with E-state index in [1.54, 1.807) is 0 Å².